The largest absolute Gasteiger partial charge is 0.481 e. The Balaban J connectivity index is 2.00. The molecule has 0 aliphatic heterocycles. The van der Waals surface area contributed by atoms with Crippen molar-refractivity contribution in [3.05, 3.63) is 60.2 Å². The molecule has 0 radical (unpaired) electrons. The van der Waals surface area contributed by atoms with Crippen LogP contribution < -0.4 is 15.8 Å². The molecular weight excluding hydrogens is 268 g/mol. The van der Waals surface area contributed by atoms with Gasteiger partial charge in [-0.05, 0) is 37.3 Å². The van der Waals surface area contributed by atoms with Gasteiger partial charge in [0.15, 0.2) is 6.10 Å². The van der Waals surface area contributed by atoms with Gasteiger partial charge in [-0.1, -0.05) is 24.3 Å². The monoisotopic (exact) mass is 284 g/mol. The smallest absolute Gasteiger partial charge is 0.265 e. The van der Waals surface area contributed by atoms with E-state index >= 15 is 0 Å². The lowest BCUT2D eigenvalue weighted by molar-refractivity contribution is -0.122. The van der Waals surface area contributed by atoms with Crippen LogP contribution in [0.15, 0.2) is 54.6 Å². The lowest BCUT2D eigenvalue weighted by Crippen LogP contribution is -2.30. The molecule has 0 fully saturated rings. The standard InChI is InChI=1S/C16H16N2O3/c1-11(21-14-8-3-2-4-9-14)16(20)18-13-7-5-6-12(10-13)15(17)19/h2-11H,1H3,(H2,17,19)(H,18,20)/t11-/m1/s1. The summed E-state index contributed by atoms with van der Waals surface area (Å²) >= 11 is 0. The number of carbonyl (C=O) groups is 2. The summed E-state index contributed by atoms with van der Waals surface area (Å²) in [5, 5.41) is 2.69. The third-order valence-corrected chi connectivity index (χ3v) is 2.84. The minimum absolute atomic E-state index is 0.305. The molecule has 2 aromatic rings. The second-order valence-electron chi connectivity index (χ2n) is 4.51. The minimum Gasteiger partial charge on any atom is -0.481 e. The molecule has 5 nitrogen and oxygen atoms in total. The van der Waals surface area contributed by atoms with Crippen LogP contribution in [0.3, 0.4) is 0 Å². The molecule has 5 heteroatoms. The Morgan fingerprint density at radius 1 is 1.10 bits per heavy atom. The average molecular weight is 284 g/mol. The molecule has 3 N–H and O–H groups in total. The normalized spacial score (nSPS) is 11.5. The molecule has 0 aromatic heterocycles. The van der Waals surface area contributed by atoms with Gasteiger partial charge < -0.3 is 15.8 Å². The first-order chi connectivity index (χ1) is 10.1. The van der Waals surface area contributed by atoms with Crippen molar-refractivity contribution in [2.45, 2.75) is 13.0 Å². The number of rotatable bonds is 5. The maximum atomic E-state index is 12.0. The van der Waals surface area contributed by atoms with E-state index in [-0.39, 0.29) is 5.91 Å². The molecule has 0 aliphatic carbocycles. The summed E-state index contributed by atoms with van der Waals surface area (Å²) in [4.78, 5) is 23.1. The maximum Gasteiger partial charge on any atom is 0.265 e. The zero-order valence-electron chi connectivity index (χ0n) is 11.6. The maximum absolute atomic E-state index is 12.0. The summed E-state index contributed by atoms with van der Waals surface area (Å²) < 4.78 is 5.52. The SMILES string of the molecule is C[C@@H](Oc1ccccc1)C(=O)Nc1cccc(C(N)=O)c1. The van der Waals surface area contributed by atoms with Crippen molar-refractivity contribution in [3.63, 3.8) is 0 Å². The number of hydrogen-bond acceptors (Lipinski definition) is 3. The highest BCUT2D eigenvalue weighted by Crippen LogP contribution is 2.14. The lowest BCUT2D eigenvalue weighted by Gasteiger charge is -2.14. The van der Waals surface area contributed by atoms with E-state index in [1.54, 1.807) is 37.3 Å². The molecule has 0 saturated heterocycles. The van der Waals surface area contributed by atoms with E-state index in [0.717, 1.165) is 0 Å². The molecule has 108 valence electrons. The Hall–Kier alpha value is -2.82. The van der Waals surface area contributed by atoms with E-state index < -0.39 is 12.0 Å². The average Bonchev–Trinajstić information content (AvgIpc) is 2.48. The summed E-state index contributed by atoms with van der Waals surface area (Å²) in [7, 11) is 0. The van der Waals surface area contributed by atoms with Gasteiger partial charge in [-0.2, -0.15) is 0 Å². The summed E-state index contributed by atoms with van der Waals surface area (Å²) in [6.45, 7) is 1.65. The third-order valence-electron chi connectivity index (χ3n) is 2.84. The molecule has 1 atom stereocenters. The summed E-state index contributed by atoms with van der Waals surface area (Å²) in [6.07, 6.45) is -0.662. The van der Waals surface area contributed by atoms with E-state index in [1.165, 1.54) is 6.07 Å². The highest BCUT2D eigenvalue weighted by Gasteiger charge is 2.15. The van der Waals surface area contributed by atoms with Gasteiger partial charge in [-0.3, -0.25) is 9.59 Å². The number of benzene rings is 2. The number of primary amides is 1. The molecule has 2 amide bonds. The van der Waals surface area contributed by atoms with Gasteiger partial charge in [0.25, 0.3) is 5.91 Å². The molecular formula is C16H16N2O3. The van der Waals surface area contributed by atoms with Crippen LogP contribution in [-0.2, 0) is 4.79 Å². The van der Waals surface area contributed by atoms with Gasteiger partial charge in [0.2, 0.25) is 5.91 Å². The van der Waals surface area contributed by atoms with Crippen molar-refractivity contribution in [1.29, 1.82) is 0 Å². The summed E-state index contributed by atoms with van der Waals surface area (Å²) in [6, 6.07) is 15.5. The Morgan fingerprint density at radius 3 is 2.48 bits per heavy atom. The van der Waals surface area contributed by atoms with Crippen molar-refractivity contribution in [2.24, 2.45) is 5.73 Å². The van der Waals surface area contributed by atoms with E-state index in [2.05, 4.69) is 5.32 Å². The van der Waals surface area contributed by atoms with Crippen LogP contribution in [0, 0.1) is 0 Å². The number of carbonyl (C=O) groups excluding carboxylic acids is 2. The van der Waals surface area contributed by atoms with Crippen LogP contribution in [-0.4, -0.2) is 17.9 Å². The first kappa shape index (κ1) is 14.6. The second kappa shape index (κ2) is 6.56. The zero-order chi connectivity index (χ0) is 15.2. The highest BCUT2D eigenvalue weighted by molar-refractivity contribution is 5.97. The van der Waals surface area contributed by atoms with Crippen LogP contribution in [0.25, 0.3) is 0 Å². The predicted octanol–water partition coefficient (Wildman–Crippen LogP) is 2.19. The highest BCUT2D eigenvalue weighted by atomic mass is 16.5. The summed E-state index contributed by atoms with van der Waals surface area (Å²) in [5.41, 5.74) is 6.04. The number of nitrogens with one attached hydrogen (secondary N) is 1. The van der Waals surface area contributed by atoms with E-state index in [0.29, 0.717) is 17.0 Å². The zero-order valence-corrected chi connectivity index (χ0v) is 11.6. The quantitative estimate of drug-likeness (QED) is 0.883. The molecule has 21 heavy (non-hydrogen) atoms. The Labute approximate surface area is 122 Å². The van der Waals surface area contributed by atoms with E-state index in [9.17, 15) is 9.59 Å². The van der Waals surface area contributed by atoms with Crippen molar-refractivity contribution in [1.82, 2.24) is 0 Å². The van der Waals surface area contributed by atoms with Crippen LogP contribution in [0.4, 0.5) is 5.69 Å². The second-order valence-corrected chi connectivity index (χ2v) is 4.51. The van der Waals surface area contributed by atoms with Gasteiger partial charge >= 0.3 is 0 Å². The Morgan fingerprint density at radius 2 is 1.81 bits per heavy atom. The molecule has 0 unspecified atom stereocenters. The fraction of sp³-hybridized carbons (Fsp3) is 0.125. The van der Waals surface area contributed by atoms with E-state index in [4.69, 9.17) is 10.5 Å². The first-order valence-corrected chi connectivity index (χ1v) is 6.48. The molecule has 0 spiro atoms. The molecule has 0 saturated carbocycles. The van der Waals surface area contributed by atoms with Crippen molar-refractivity contribution in [2.75, 3.05) is 5.32 Å². The van der Waals surface area contributed by atoms with Gasteiger partial charge in [0, 0.05) is 11.3 Å². The fourth-order valence-corrected chi connectivity index (χ4v) is 1.75. The lowest BCUT2D eigenvalue weighted by atomic mass is 10.2. The Bertz CT molecular complexity index is 641. The number of nitrogens with two attached hydrogens (primary N) is 1. The number of hydrogen-bond donors (Lipinski definition) is 2. The first-order valence-electron chi connectivity index (χ1n) is 6.48. The third kappa shape index (κ3) is 4.07. The van der Waals surface area contributed by atoms with Crippen molar-refractivity contribution in [3.8, 4) is 5.75 Å². The summed E-state index contributed by atoms with van der Waals surface area (Å²) in [5.74, 6) is -0.230. The van der Waals surface area contributed by atoms with Gasteiger partial charge in [-0.15, -0.1) is 0 Å². The van der Waals surface area contributed by atoms with E-state index in [1.807, 2.05) is 18.2 Å². The van der Waals surface area contributed by atoms with Crippen LogP contribution >= 0.6 is 0 Å². The van der Waals surface area contributed by atoms with Crippen LogP contribution in [0.1, 0.15) is 17.3 Å². The van der Waals surface area contributed by atoms with Crippen LogP contribution in [0.2, 0.25) is 0 Å². The predicted molar refractivity (Wildman–Crippen MR) is 80.1 cm³/mol. The van der Waals surface area contributed by atoms with Crippen LogP contribution in [0.5, 0.6) is 5.75 Å². The Kier molecular flexibility index (Phi) is 4.56. The topological polar surface area (TPSA) is 81.4 Å². The molecule has 2 rings (SSSR count). The number of amides is 2. The molecule has 2 aromatic carbocycles. The number of anilines is 1. The fourth-order valence-electron chi connectivity index (χ4n) is 1.75. The van der Waals surface area contributed by atoms with Crippen molar-refractivity contribution < 1.29 is 14.3 Å². The number of ether oxygens (including phenoxy) is 1. The number of para-hydroxylation sites is 1. The molecule has 0 bridgehead atoms. The van der Waals surface area contributed by atoms with Gasteiger partial charge in [-0.25, -0.2) is 0 Å². The molecule has 0 aliphatic rings. The minimum atomic E-state index is -0.662. The van der Waals surface area contributed by atoms with Gasteiger partial charge in [0.05, 0.1) is 0 Å². The van der Waals surface area contributed by atoms with Gasteiger partial charge in [0.1, 0.15) is 5.75 Å². The van der Waals surface area contributed by atoms with Crippen molar-refractivity contribution >= 4 is 17.5 Å². The molecule has 0 heterocycles.